The van der Waals surface area contributed by atoms with Crippen LogP contribution in [0, 0.1) is 5.92 Å². The minimum absolute atomic E-state index is 0.0501. The van der Waals surface area contributed by atoms with Crippen molar-refractivity contribution >= 4 is 33.4 Å². The second-order valence-corrected chi connectivity index (χ2v) is 6.25. The predicted octanol–water partition coefficient (Wildman–Crippen LogP) is 4.56. The number of amides is 1. The predicted molar refractivity (Wildman–Crippen MR) is 78.5 cm³/mol. The average Bonchev–Trinajstić information content (AvgIpc) is 2.46. The summed E-state index contributed by atoms with van der Waals surface area (Å²) in [5.41, 5.74) is -0.765. The fraction of sp³-hybridized carbons (Fsp3) is 0.500. The molecule has 1 aromatic rings. The van der Waals surface area contributed by atoms with E-state index in [1.807, 2.05) is 0 Å². The van der Waals surface area contributed by atoms with Crippen molar-refractivity contribution in [1.82, 2.24) is 4.90 Å². The van der Waals surface area contributed by atoms with Gasteiger partial charge in [0, 0.05) is 23.4 Å². The van der Waals surface area contributed by atoms with Crippen molar-refractivity contribution in [1.29, 1.82) is 0 Å². The molecule has 7 heteroatoms. The van der Waals surface area contributed by atoms with Gasteiger partial charge < -0.3 is 4.90 Å². The largest absolute Gasteiger partial charge is 0.416 e. The molecule has 0 aliphatic carbocycles. The Hall–Kier alpha value is -0.750. The Bertz CT molecular complexity index is 527. The van der Waals surface area contributed by atoms with Crippen molar-refractivity contribution in [3.05, 3.63) is 33.8 Å². The molecule has 0 spiro atoms. The van der Waals surface area contributed by atoms with Crippen molar-refractivity contribution < 1.29 is 18.0 Å². The summed E-state index contributed by atoms with van der Waals surface area (Å²) in [5.74, 6) is 0.552. The van der Waals surface area contributed by atoms with E-state index in [1.165, 1.54) is 6.07 Å². The lowest BCUT2D eigenvalue weighted by Gasteiger charge is -2.31. The van der Waals surface area contributed by atoms with Crippen LogP contribution in [0.1, 0.15) is 28.8 Å². The lowest BCUT2D eigenvalue weighted by molar-refractivity contribution is -0.137. The normalized spacial score (nSPS) is 17.1. The molecule has 116 valence electrons. The third kappa shape index (κ3) is 3.92. The quantitative estimate of drug-likeness (QED) is 0.685. The highest BCUT2D eigenvalue weighted by molar-refractivity contribution is 9.10. The number of carbonyl (C=O) groups excluding carboxylic acids is 1. The standard InChI is InChI=1S/C14H14BrClF3NO/c15-12-2-1-10(14(17,18)19)7-11(12)13(21)20-5-3-9(8-16)4-6-20/h1-2,7,9H,3-6,8H2. The van der Waals surface area contributed by atoms with Crippen molar-refractivity contribution in [2.45, 2.75) is 19.0 Å². The van der Waals surface area contributed by atoms with Gasteiger partial charge in [-0.05, 0) is 52.9 Å². The van der Waals surface area contributed by atoms with Crippen molar-refractivity contribution in [3.63, 3.8) is 0 Å². The molecule has 0 aromatic heterocycles. The van der Waals surface area contributed by atoms with Gasteiger partial charge in [0.25, 0.3) is 5.91 Å². The van der Waals surface area contributed by atoms with Crippen LogP contribution >= 0.6 is 27.5 Å². The number of piperidine rings is 1. The number of likely N-dealkylation sites (tertiary alicyclic amines) is 1. The summed E-state index contributed by atoms with van der Waals surface area (Å²) >= 11 is 8.94. The summed E-state index contributed by atoms with van der Waals surface area (Å²) in [6, 6.07) is 3.13. The molecule has 0 radical (unpaired) electrons. The van der Waals surface area contributed by atoms with Crippen LogP contribution in [0.5, 0.6) is 0 Å². The number of benzene rings is 1. The summed E-state index contributed by atoms with van der Waals surface area (Å²) in [5, 5.41) is 0. The Morgan fingerprint density at radius 1 is 1.33 bits per heavy atom. The number of alkyl halides is 4. The highest BCUT2D eigenvalue weighted by Crippen LogP contribution is 2.32. The third-order valence-electron chi connectivity index (χ3n) is 3.64. The van der Waals surface area contributed by atoms with Gasteiger partial charge in [0.15, 0.2) is 0 Å². The van der Waals surface area contributed by atoms with E-state index in [2.05, 4.69) is 15.9 Å². The summed E-state index contributed by atoms with van der Waals surface area (Å²) < 4.78 is 38.6. The zero-order chi connectivity index (χ0) is 15.6. The van der Waals surface area contributed by atoms with Gasteiger partial charge in [0.2, 0.25) is 0 Å². The molecule has 2 rings (SSSR count). The van der Waals surface area contributed by atoms with Crippen LogP contribution in [-0.2, 0) is 6.18 Å². The zero-order valence-corrected chi connectivity index (χ0v) is 13.4. The van der Waals surface area contributed by atoms with E-state index in [0.29, 0.717) is 29.4 Å². The van der Waals surface area contributed by atoms with E-state index < -0.39 is 11.7 Å². The van der Waals surface area contributed by atoms with E-state index in [-0.39, 0.29) is 11.5 Å². The fourth-order valence-corrected chi connectivity index (χ4v) is 3.05. The molecule has 21 heavy (non-hydrogen) atoms. The second-order valence-electron chi connectivity index (χ2n) is 5.08. The minimum atomic E-state index is -4.46. The van der Waals surface area contributed by atoms with Gasteiger partial charge in [-0.25, -0.2) is 0 Å². The SMILES string of the molecule is O=C(c1cc(C(F)(F)F)ccc1Br)N1CCC(CCl)CC1. The molecular weight excluding hydrogens is 371 g/mol. The Morgan fingerprint density at radius 2 is 1.95 bits per heavy atom. The van der Waals surface area contributed by atoms with Crippen LogP contribution in [0.25, 0.3) is 0 Å². The smallest absolute Gasteiger partial charge is 0.339 e. The van der Waals surface area contributed by atoms with Crippen molar-refractivity contribution in [2.24, 2.45) is 5.92 Å². The van der Waals surface area contributed by atoms with E-state index in [1.54, 1.807) is 4.90 Å². The topological polar surface area (TPSA) is 20.3 Å². The molecule has 1 heterocycles. The van der Waals surface area contributed by atoms with Crippen molar-refractivity contribution in [3.8, 4) is 0 Å². The summed E-state index contributed by atoms with van der Waals surface area (Å²) in [7, 11) is 0. The number of nitrogens with zero attached hydrogens (tertiary/aromatic N) is 1. The number of halogens is 5. The first-order valence-corrected chi connectivity index (χ1v) is 7.87. The molecule has 2 nitrogen and oxygen atoms in total. The third-order valence-corrected chi connectivity index (χ3v) is 4.77. The van der Waals surface area contributed by atoms with Gasteiger partial charge in [-0.3, -0.25) is 4.79 Å². The number of carbonyl (C=O) groups is 1. The van der Waals surface area contributed by atoms with Crippen LogP contribution in [0.15, 0.2) is 22.7 Å². The maximum absolute atomic E-state index is 12.7. The summed E-state index contributed by atoms with van der Waals surface area (Å²) in [6.07, 6.45) is -2.89. The molecule has 1 fully saturated rings. The van der Waals surface area contributed by atoms with Gasteiger partial charge in [0.05, 0.1) is 11.1 Å². The minimum Gasteiger partial charge on any atom is -0.339 e. The van der Waals surface area contributed by atoms with Crippen LogP contribution in [0.2, 0.25) is 0 Å². The Balaban J connectivity index is 2.19. The first-order chi connectivity index (χ1) is 9.82. The van der Waals surface area contributed by atoms with Gasteiger partial charge in [-0.15, -0.1) is 11.6 Å². The van der Waals surface area contributed by atoms with Crippen molar-refractivity contribution in [2.75, 3.05) is 19.0 Å². The van der Waals surface area contributed by atoms with E-state index in [4.69, 9.17) is 11.6 Å². The molecule has 1 amide bonds. The number of rotatable bonds is 2. The maximum atomic E-state index is 12.7. The lowest BCUT2D eigenvalue weighted by Crippen LogP contribution is -2.39. The summed E-state index contributed by atoms with van der Waals surface area (Å²) in [4.78, 5) is 14.0. The highest BCUT2D eigenvalue weighted by Gasteiger charge is 2.32. The van der Waals surface area contributed by atoms with Gasteiger partial charge in [0.1, 0.15) is 0 Å². The molecule has 0 atom stereocenters. The first-order valence-electron chi connectivity index (χ1n) is 6.55. The molecule has 0 N–H and O–H groups in total. The molecule has 1 saturated heterocycles. The Labute approximate surface area is 134 Å². The van der Waals surface area contributed by atoms with Crippen LogP contribution in [-0.4, -0.2) is 29.8 Å². The zero-order valence-electron chi connectivity index (χ0n) is 11.1. The van der Waals surface area contributed by atoms with Gasteiger partial charge in [-0.1, -0.05) is 0 Å². The van der Waals surface area contributed by atoms with Crippen LogP contribution in [0.3, 0.4) is 0 Å². The molecule has 1 aliphatic heterocycles. The lowest BCUT2D eigenvalue weighted by atomic mass is 9.98. The molecule has 1 aliphatic rings. The number of hydrogen-bond donors (Lipinski definition) is 0. The summed E-state index contributed by atoms with van der Waals surface area (Å²) in [6.45, 7) is 1.05. The van der Waals surface area contributed by atoms with Gasteiger partial charge in [-0.2, -0.15) is 13.2 Å². The monoisotopic (exact) mass is 383 g/mol. The second kappa shape index (κ2) is 6.57. The number of hydrogen-bond acceptors (Lipinski definition) is 1. The molecular formula is C14H14BrClF3NO. The molecule has 0 saturated carbocycles. The maximum Gasteiger partial charge on any atom is 0.416 e. The van der Waals surface area contributed by atoms with Gasteiger partial charge >= 0.3 is 6.18 Å². The molecule has 0 unspecified atom stereocenters. The molecule has 1 aromatic carbocycles. The van der Waals surface area contributed by atoms with E-state index in [0.717, 1.165) is 25.0 Å². The Morgan fingerprint density at radius 3 is 2.48 bits per heavy atom. The highest BCUT2D eigenvalue weighted by atomic mass is 79.9. The van der Waals surface area contributed by atoms with E-state index >= 15 is 0 Å². The Kier molecular flexibility index (Phi) is 5.20. The first kappa shape index (κ1) is 16.6. The van der Waals surface area contributed by atoms with E-state index in [9.17, 15) is 18.0 Å². The fourth-order valence-electron chi connectivity index (χ4n) is 2.33. The molecule has 0 bridgehead atoms. The van der Waals surface area contributed by atoms with Crippen LogP contribution in [0.4, 0.5) is 13.2 Å². The average molecular weight is 385 g/mol. The van der Waals surface area contributed by atoms with Crippen LogP contribution < -0.4 is 0 Å².